The second-order valence-corrected chi connectivity index (χ2v) is 21.8. The van der Waals surface area contributed by atoms with E-state index in [2.05, 4.69) is 50.0 Å². The summed E-state index contributed by atoms with van der Waals surface area (Å²) in [7, 11) is -8.24. The van der Waals surface area contributed by atoms with Crippen LogP contribution in [-0.4, -0.2) is 103 Å². The van der Waals surface area contributed by atoms with Gasteiger partial charge in [-0.25, -0.2) is 55.2 Å². The Bertz CT molecular complexity index is 3470. The Morgan fingerprint density at radius 3 is 2.23 bits per heavy atom. The Kier molecular flexibility index (Phi) is 18.4. The maximum Gasteiger partial charge on any atom is 0.302 e. The van der Waals surface area contributed by atoms with Crippen LogP contribution in [0.4, 0.5) is 17.3 Å². The number of nitrogen functional groups attached to an aromatic ring is 2. The lowest BCUT2D eigenvalue weighted by atomic mass is 10.1. The number of guanidine groups is 1. The third-order valence-electron chi connectivity index (χ3n) is 8.59. The lowest BCUT2D eigenvalue weighted by Gasteiger charge is -2.20. The Balaban J connectivity index is 0.000000208. The number of rotatable bonds is 8. The van der Waals surface area contributed by atoms with Gasteiger partial charge in [0.1, 0.15) is 21.3 Å². The number of imidazole rings is 1. The minimum atomic E-state index is -4.07. The summed E-state index contributed by atoms with van der Waals surface area (Å²) in [4.78, 5) is 47.4. The molecule has 0 unspecified atom stereocenters. The quantitative estimate of drug-likeness (QED) is 0.0706. The van der Waals surface area contributed by atoms with Gasteiger partial charge in [-0.1, -0.05) is 34.5 Å². The number of primary sulfonamides is 2. The van der Waals surface area contributed by atoms with Gasteiger partial charge in [0.2, 0.25) is 35.1 Å². The fourth-order valence-electron chi connectivity index (χ4n) is 5.47. The zero-order chi connectivity index (χ0) is 52.6. The van der Waals surface area contributed by atoms with E-state index in [0.29, 0.717) is 5.16 Å². The molecule has 2 amide bonds. The second-order valence-electron chi connectivity index (χ2n) is 13.7. The number of hydrogen-bond acceptors (Lipinski definition) is 20. The van der Waals surface area contributed by atoms with Crippen molar-refractivity contribution >= 4 is 122 Å². The molecule has 7 rings (SSSR count). The number of H-pyrrole nitrogens is 1. The average molecular weight is 1110 g/mol. The summed E-state index contributed by atoms with van der Waals surface area (Å²) in [6, 6.07) is 7.65. The molecule has 1 aliphatic heterocycles. The molecule has 0 saturated heterocycles. The molecule has 70 heavy (non-hydrogen) atoms. The van der Waals surface area contributed by atoms with Gasteiger partial charge >= 0.3 is 5.91 Å². The van der Waals surface area contributed by atoms with Crippen molar-refractivity contribution in [3.05, 3.63) is 74.0 Å². The van der Waals surface area contributed by atoms with Crippen LogP contribution in [-0.2, 0) is 58.5 Å². The van der Waals surface area contributed by atoms with Crippen LogP contribution in [0.1, 0.15) is 34.2 Å². The fourth-order valence-corrected chi connectivity index (χ4v) is 10.6. The smallest absolute Gasteiger partial charge is 0.302 e. The van der Waals surface area contributed by atoms with Crippen LogP contribution in [0.5, 0.6) is 11.5 Å². The number of carbonyl (C=O) groups excluding carboxylic acids is 2. The summed E-state index contributed by atoms with van der Waals surface area (Å²) in [5, 5.41) is 16.3. The van der Waals surface area contributed by atoms with Gasteiger partial charge in [-0.05, 0) is 38.1 Å². The van der Waals surface area contributed by atoms with Gasteiger partial charge in [0, 0.05) is 37.4 Å². The van der Waals surface area contributed by atoms with E-state index >= 15 is 0 Å². The number of nitrogens with two attached hydrogens (primary N) is 6. The highest BCUT2D eigenvalue weighted by atomic mass is 35.5. The van der Waals surface area contributed by atoms with Crippen molar-refractivity contribution in [2.24, 2.45) is 38.8 Å². The summed E-state index contributed by atoms with van der Waals surface area (Å²) in [6.45, 7) is 5.14. The first-order chi connectivity index (χ1) is 32.5. The molecule has 0 saturated carbocycles. The second kappa shape index (κ2) is 23.0. The highest BCUT2D eigenvalue weighted by Gasteiger charge is 2.27. The molecule has 0 radical (unpaired) electrons. The third-order valence-corrected chi connectivity index (χ3v) is 15.2. The van der Waals surface area contributed by atoms with Gasteiger partial charge in [-0.15, -0.1) is 5.10 Å². The SMILES string of the molecule is CC(=O)N=c1sc(S(N)(=O)=O)nn1C.COc1ccc2nc([S@@](=O)Cc3ncc(C)c(OC)c3C)[nH]c2c1.NC(N)=NC(=O)c1nc(Cl)c(N)nc1N.NS(=O)(=O)c1cc2c(cc1Cl)NCNS2(=O)=O. The van der Waals surface area contributed by atoms with Crippen LogP contribution in [0.15, 0.2) is 65.8 Å². The van der Waals surface area contributed by atoms with Crippen molar-refractivity contribution in [2.45, 2.75) is 45.8 Å². The van der Waals surface area contributed by atoms with E-state index in [1.54, 1.807) is 20.4 Å². The number of aromatic nitrogens is 7. The number of anilines is 3. The molecular weight excluding hydrogens is 1070 g/mol. The molecule has 15 N–H and O–H groups in total. The number of nitrogens with one attached hydrogen (secondary N) is 3. The van der Waals surface area contributed by atoms with Crippen LogP contribution in [0.2, 0.25) is 10.2 Å². The van der Waals surface area contributed by atoms with Gasteiger partial charge in [0.15, 0.2) is 33.6 Å². The summed E-state index contributed by atoms with van der Waals surface area (Å²) >= 11 is 12.0. The van der Waals surface area contributed by atoms with Crippen LogP contribution in [0, 0.1) is 13.8 Å². The van der Waals surface area contributed by atoms with E-state index in [1.807, 2.05) is 32.0 Å². The Labute approximate surface area is 414 Å². The minimum absolute atomic E-state index is 0.0143. The number of benzene rings is 2. The van der Waals surface area contributed by atoms with Gasteiger partial charge in [-0.2, -0.15) is 14.7 Å². The molecule has 1 aliphatic rings. The summed E-state index contributed by atoms with van der Waals surface area (Å²) in [6.07, 6.45) is 1.74. The van der Waals surface area contributed by atoms with Crippen molar-refractivity contribution < 1.29 is 48.5 Å². The van der Waals surface area contributed by atoms with E-state index in [-0.39, 0.29) is 59.7 Å². The Hall–Kier alpha value is -6.43. The number of aliphatic imine (C=N–C) groups is 1. The molecule has 5 heterocycles. The first-order valence-corrected chi connectivity index (χ1v) is 26.3. The lowest BCUT2D eigenvalue weighted by molar-refractivity contribution is -0.116. The third kappa shape index (κ3) is 14.6. The number of pyridine rings is 1. The van der Waals surface area contributed by atoms with Crippen LogP contribution >= 0.6 is 34.5 Å². The summed E-state index contributed by atoms with van der Waals surface area (Å²) in [5.41, 5.74) is 24.9. The number of hydrogen-bond donors (Lipinski definition) is 9. The molecule has 0 aliphatic carbocycles. The molecule has 2 aromatic carbocycles. The number of amides is 2. The lowest BCUT2D eigenvalue weighted by Crippen LogP contribution is -2.34. The topological polar surface area (TPSA) is 462 Å². The van der Waals surface area contributed by atoms with Gasteiger partial charge in [0.25, 0.3) is 10.0 Å². The van der Waals surface area contributed by atoms with Gasteiger partial charge in [0.05, 0.1) is 64.9 Å². The molecule has 378 valence electrons. The van der Waals surface area contributed by atoms with Crippen molar-refractivity contribution in [3.63, 3.8) is 0 Å². The first kappa shape index (κ1) is 56.2. The molecular formula is C35H43Cl2N17O11S5. The number of ether oxygens (including phenoxy) is 2. The monoisotopic (exact) mass is 1110 g/mol. The summed E-state index contributed by atoms with van der Waals surface area (Å²) < 4.78 is 93.8. The molecule has 4 aromatic heterocycles. The van der Waals surface area contributed by atoms with Crippen molar-refractivity contribution in [2.75, 3.05) is 37.7 Å². The van der Waals surface area contributed by atoms with E-state index < -0.39 is 63.5 Å². The first-order valence-electron chi connectivity index (χ1n) is 18.8. The van der Waals surface area contributed by atoms with Gasteiger partial charge in [-0.3, -0.25) is 18.8 Å². The zero-order valence-corrected chi connectivity index (χ0v) is 42.8. The van der Waals surface area contributed by atoms with Crippen LogP contribution < -0.4 is 57.5 Å². The maximum absolute atomic E-state index is 12.7. The number of carbonyl (C=O) groups is 2. The number of aryl methyl sites for hydroxylation is 2. The molecule has 1 atom stereocenters. The number of nitrogens with zero attached hydrogens (tertiary/aromatic N) is 8. The number of halogens is 2. The van der Waals surface area contributed by atoms with E-state index in [0.717, 1.165) is 56.8 Å². The predicted octanol–water partition coefficient (Wildman–Crippen LogP) is -0.167. The minimum Gasteiger partial charge on any atom is -0.497 e. The Morgan fingerprint density at radius 2 is 1.66 bits per heavy atom. The predicted molar refractivity (Wildman–Crippen MR) is 259 cm³/mol. The van der Waals surface area contributed by atoms with E-state index in [1.165, 1.54) is 24.7 Å². The highest BCUT2D eigenvalue weighted by molar-refractivity contribution is 7.91. The number of aromatic amines is 1. The fraction of sp³-hybridized carbons (Fsp3) is 0.229. The largest absolute Gasteiger partial charge is 0.497 e. The summed E-state index contributed by atoms with van der Waals surface area (Å²) in [5.74, 6) is -0.140. The van der Waals surface area contributed by atoms with Crippen molar-refractivity contribution in [1.82, 2.24) is 39.4 Å². The van der Waals surface area contributed by atoms with E-state index in [9.17, 15) is 39.1 Å². The average Bonchev–Trinajstić information content (AvgIpc) is 3.86. The molecule has 35 heteroatoms. The standard InChI is InChI=1S/C17H19N3O3S.C7H8ClN3O4S2.C6H8ClN7O.C5H8N4O3S2/c1-10-8-18-15(11(2)16(10)23-4)9-24(21)17-19-13-6-5-12(22-3)7-14(13)20-17;8-4-1-5-7(2-6(4)16(9,12)13)17(14,15)11-3-10-5;7-2-4(9)13-3(8)1(12-2)5(15)14-6(10)11;1-3(10)7-4-9(2)8-5(13-4)14(6,11)12/h5-8H,9H2,1-4H3,(H,19,20);1-2,10-11H,3H2,(H2,9,12,13);(H4,8,9,13)(H4,10,11,14,15);1-2H3,(H2,6,11,12)/t24-;;;/m0.../s1. The molecule has 6 aromatic rings. The van der Waals surface area contributed by atoms with Crippen LogP contribution in [0.3, 0.4) is 0 Å². The zero-order valence-electron chi connectivity index (χ0n) is 37.2. The molecule has 0 bridgehead atoms. The molecule has 28 nitrogen and oxygen atoms in total. The van der Waals surface area contributed by atoms with Crippen LogP contribution in [0.25, 0.3) is 11.0 Å². The highest BCUT2D eigenvalue weighted by Crippen LogP contribution is 2.32. The molecule has 0 spiro atoms. The van der Waals surface area contributed by atoms with Crippen molar-refractivity contribution in [3.8, 4) is 11.5 Å². The number of sulfonamides is 3. The Morgan fingerprint density at radius 1 is 0.986 bits per heavy atom. The normalized spacial score (nSPS) is 13.4. The van der Waals surface area contributed by atoms with Gasteiger partial charge < -0.3 is 42.7 Å². The molecule has 0 fully saturated rings. The van der Waals surface area contributed by atoms with E-state index in [4.69, 9.17) is 65.9 Å². The maximum atomic E-state index is 12.7. The number of methoxy groups -OCH3 is 2. The number of fused-ring (bicyclic) bond motifs is 2. The van der Waals surface area contributed by atoms with Crippen molar-refractivity contribution in [1.29, 1.82) is 0 Å².